The number of carbonyl (C=O) groups is 3. The van der Waals surface area contributed by atoms with Crippen LogP contribution >= 0.6 is 0 Å². The Morgan fingerprint density at radius 2 is 0.500 bits per heavy atom. The average Bonchev–Trinajstić information content (AvgIpc) is 3.47. The lowest BCUT2D eigenvalue weighted by atomic mass is 10.0. The molecule has 82 heavy (non-hydrogen) atoms. The second kappa shape index (κ2) is 69.6. The highest BCUT2D eigenvalue weighted by atomic mass is 16.6. The van der Waals surface area contributed by atoms with E-state index in [1.165, 1.54) is 167 Å². The van der Waals surface area contributed by atoms with Crippen LogP contribution in [0.25, 0.3) is 0 Å². The fourth-order valence-electron chi connectivity index (χ4n) is 9.78. The summed E-state index contributed by atoms with van der Waals surface area (Å²) in [4.78, 5) is 38.3. The van der Waals surface area contributed by atoms with Crippen LogP contribution in [0.3, 0.4) is 0 Å². The largest absolute Gasteiger partial charge is 0.462 e. The first kappa shape index (κ1) is 78.1. The number of unbranched alkanes of at least 4 members (excludes halogenated alkanes) is 34. The molecule has 0 fully saturated rings. The molecule has 0 aromatic heterocycles. The van der Waals surface area contributed by atoms with Crippen molar-refractivity contribution in [2.75, 3.05) is 13.2 Å². The minimum Gasteiger partial charge on any atom is -0.462 e. The predicted octanol–water partition coefficient (Wildman–Crippen LogP) is 24.2. The van der Waals surface area contributed by atoms with Crippen LogP contribution in [0.2, 0.25) is 0 Å². The fourth-order valence-corrected chi connectivity index (χ4v) is 9.78. The maximum absolute atomic E-state index is 12.9. The van der Waals surface area contributed by atoms with E-state index in [-0.39, 0.29) is 37.5 Å². The number of rotatable bonds is 63. The maximum Gasteiger partial charge on any atom is 0.306 e. The van der Waals surface area contributed by atoms with Crippen LogP contribution in [0.1, 0.15) is 335 Å². The molecule has 0 aliphatic rings. The van der Waals surface area contributed by atoms with E-state index >= 15 is 0 Å². The van der Waals surface area contributed by atoms with E-state index in [4.69, 9.17) is 14.2 Å². The molecule has 0 aliphatic carbocycles. The molecule has 0 radical (unpaired) electrons. The molecule has 0 rings (SSSR count). The van der Waals surface area contributed by atoms with E-state index in [1.54, 1.807) is 0 Å². The first-order valence-corrected chi connectivity index (χ1v) is 34.9. The molecule has 0 saturated carbocycles. The standard InChI is InChI=1S/C76H130O6/c1-4-7-10-13-16-19-22-24-26-28-30-32-34-36-37-38-39-41-42-44-46-48-50-52-54-57-60-63-66-69-75(78)81-72-73(71-80-74(77)68-65-62-59-56-21-18-15-12-9-6-3)82-76(79)70-67-64-61-58-55-53-51-49-47-45-43-40-35-33-31-29-27-25-23-20-17-14-11-8-5-2/h8,11-12,15,17,20,25,27-28,30-31,33,40,43,47,49,53,55,73H,4-7,9-10,13-14,16,18-19,21-24,26,29,32,34-39,41-42,44-46,48,50-52,54,56-72H2,1-3H3/b11-8-,15-12-,20-17-,27-25-,30-28-,33-31-,43-40-,49-47-,55-53-. The summed E-state index contributed by atoms with van der Waals surface area (Å²) in [5.41, 5.74) is 0. The molecule has 470 valence electrons. The zero-order valence-corrected chi connectivity index (χ0v) is 54.0. The van der Waals surface area contributed by atoms with Crippen molar-refractivity contribution in [1.82, 2.24) is 0 Å². The lowest BCUT2D eigenvalue weighted by Crippen LogP contribution is -2.30. The van der Waals surface area contributed by atoms with E-state index < -0.39 is 6.10 Å². The second-order valence-corrected chi connectivity index (χ2v) is 23.1. The Morgan fingerprint density at radius 1 is 0.256 bits per heavy atom. The summed E-state index contributed by atoms with van der Waals surface area (Å²) in [5, 5.41) is 0. The average molecular weight is 1140 g/mol. The van der Waals surface area contributed by atoms with Gasteiger partial charge in [-0.3, -0.25) is 14.4 Å². The Balaban J connectivity index is 4.24. The Kier molecular flexibility index (Phi) is 66.2. The highest BCUT2D eigenvalue weighted by Crippen LogP contribution is 2.17. The van der Waals surface area contributed by atoms with E-state index in [0.717, 1.165) is 128 Å². The van der Waals surface area contributed by atoms with Crippen LogP contribution in [-0.4, -0.2) is 37.2 Å². The molecule has 0 saturated heterocycles. The number of hydrogen-bond acceptors (Lipinski definition) is 6. The molecule has 1 atom stereocenters. The lowest BCUT2D eigenvalue weighted by Gasteiger charge is -2.18. The third-order valence-electron chi connectivity index (χ3n) is 15.0. The van der Waals surface area contributed by atoms with Gasteiger partial charge in [-0.15, -0.1) is 0 Å². The zero-order valence-electron chi connectivity index (χ0n) is 54.0. The molecular formula is C76H130O6. The molecule has 1 unspecified atom stereocenters. The summed E-state index contributed by atoms with van der Waals surface area (Å²) in [7, 11) is 0. The number of hydrogen-bond donors (Lipinski definition) is 0. The summed E-state index contributed by atoms with van der Waals surface area (Å²) in [6, 6.07) is 0. The Bertz CT molecular complexity index is 1640. The van der Waals surface area contributed by atoms with Crippen LogP contribution in [0.4, 0.5) is 0 Å². The summed E-state index contributed by atoms with van der Waals surface area (Å²) in [6.45, 7) is 6.46. The Labute approximate surface area is 508 Å². The van der Waals surface area contributed by atoms with Gasteiger partial charge in [0.05, 0.1) is 0 Å². The van der Waals surface area contributed by atoms with Crippen molar-refractivity contribution in [2.24, 2.45) is 0 Å². The fraction of sp³-hybridized carbons (Fsp3) is 0.724. The lowest BCUT2D eigenvalue weighted by molar-refractivity contribution is -0.167. The van der Waals surface area contributed by atoms with Crippen LogP contribution in [-0.2, 0) is 28.6 Å². The molecule has 0 heterocycles. The van der Waals surface area contributed by atoms with Crippen molar-refractivity contribution in [2.45, 2.75) is 341 Å². The van der Waals surface area contributed by atoms with Crippen molar-refractivity contribution in [3.05, 3.63) is 109 Å². The highest BCUT2D eigenvalue weighted by Gasteiger charge is 2.19. The maximum atomic E-state index is 12.9. The van der Waals surface area contributed by atoms with Gasteiger partial charge in [0.1, 0.15) is 13.2 Å². The first-order valence-electron chi connectivity index (χ1n) is 34.9. The van der Waals surface area contributed by atoms with Gasteiger partial charge in [-0.05, 0) is 122 Å². The van der Waals surface area contributed by atoms with Gasteiger partial charge in [0.15, 0.2) is 6.10 Å². The number of allylic oxidation sites excluding steroid dienone is 18. The molecule has 0 bridgehead atoms. The van der Waals surface area contributed by atoms with E-state index in [1.807, 2.05) is 0 Å². The molecule has 0 aromatic rings. The van der Waals surface area contributed by atoms with Gasteiger partial charge in [0.2, 0.25) is 0 Å². The topological polar surface area (TPSA) is 78.9 Å². The van der Waals surface area contributed by atoms with Crippen molar-refractivity contribution in [1.29, 1.82) is 0 Å². The predicted molar refractivity (Wildman–Crippen MR) is 357 cm³/mol. The van der Waals surface area contributed by atoms with Gasteiger partial charge in [0, 0.05) is 19.3 Å². The molecule has 6 heteroatoms. The minimum atomic E-state index is -0.801. The van der Waals surface area contributed by atoms with Gasteiger partial charge < -0.3 is 14.2 Å². The summed E-state index contributed by atoms with van der Waals surface area (Å²) < 4.78 is 16.9. The third-order valence-corrected chi connectivity index (χ3v) is 15.0. The number of carbonyl (C=O) groups excluding carboxylic acids is 3. The summed E-state index contributed by atoms with van der Waals surface area (Å²) in [5.74, 6) is -0.928. The van der Waals surface area contributed by atoms with Crippen molar-refractivity contribution >= 4 is 17.9 Å². The Morgan fingerprint density at radius 3 is 0.817 bits per heavy atom. The smallest absolute Gasteiger partial charge is 0.306 e. The normalized spacial score (nSPS) is 12.8. The van der Waals surface area contributed by atoms with Gasteiger partial charge in [-0.25, -0.2) is 0 Å². The van der Waals surface area contributed by atoms with Crippen LogP contribution in [0, 0.1) is 0 Å². The van der Waals surface area contributed by atoms with Gasteiger partial charge in [0.25, 0.3) is 0 Å². The number of ether oxygens (including phenoxy) is 3. The zero-order chi connectivity index (χ0) is 59.2. The number of esters is 3. The van der Waals surface area contributed by atoms with E-state index in [9.17, 15) is 14.4 Å². The van der Waals surface area contributed by atoms with Crippen LogP contribution < -0.4 is 0 Å². The summed E-state index contributed by atoms with van der Waals surface area (Å²) in [6.07, 6.45) is 95.6. The summed E-state index contributed by atoms with van der Waals surface area (Å²) >= 11 is 0. The Hall–Kier alpha value is -3.93. The minimum absolute atomic E-state index is 0.0934. The first-order chi connectivity index (χ1) is 40.5. The van der Waals surface area contributed by atoms with Crippen molar-refractivity contribution in [3.8, 4) is 0 Å². The van der Waals surface area contributed by atoms with E-state index in [2.05, 4.69) is 130 Å². The second-order valence-electron chi connectivity index (χ2n) is 23.1. The molecule has 0 aromatic carbocycles. The molecule has 0 N–H and O–H groups in total. The van der Waals surface area contributed by atoms with E-state index in [0.29, 0.717) is 12.8 Å². The van der Waals surface area contributed by atoms with Crippen molar-refractivity contribution in [3.63, 3.8) is 0 Å². The molecule has 6 nitrogen and oxygen atoms in total. The van der Waals surface area contributed by atoms with Crippen LogP contribution in [0.15, 0.2) is 109 Å². The SMILES string of the molecule is CC/C=C\C/C=C\C/C=C\C/C=C\C/C=C\C/C=C\C/C=C\CCCCCC(=O)OC(COC(=O)CCCCCCC/C=C\CCC)COC(=O)CCCCCCCCCCCCCCCCCCC/C=C\CCCCCCCCCC. The third kappa shape index (κ3) is 66.9. The monoisotopic (exact) mass is 1140 g/mol. The van der Waals surface area contributed by atoms with Gasteiger partial charge >= 0.3 is 17.9 Å². The quantitative estimate of drug-likeness (QED) is 0.0261. The van der Waals surface area contributed by atoms with Gasteiger partial charge in [-0.1, -0.05) is 304 Å². The molecular weight excluding hydrogens is 1010 g/mol. The molecule has 0 aliphatic heterocycles. The van der Waals surface area contributed by atoms with Crippen molar-refractivity contribution < 1.29 is 28.6 Å². The van der Waals surface area contributed by atoms with Crippen LogP contribution in [0.5, 0.6) is 0 Å². The van der Waals surface area contributed by atoms with Gasteiger partial charge in [-0.2, -0.15) is 0 Å². The molecule has 0 spiro atoms. The highest BCUT2D eigenvalue weighted by molar-refractivity contribution is 5.71. The molecule has 0 amide bonds.